The lowest BCUT2D eigenvalue weighted by atomic mass is 10.1. The Bertz CT molecular complexity index is 1180. The molecule has 2 aromatic heterocycles. The second-order valence-electron chi connectivity index (χ2n) is 6.11. The number of aromatic nitrogens is 3. The molecule has 9 nitrogen and oxygen atoms in total. The Hall–Kier alpha value is -3.12. The minimum atomic E-state index is -3.84. The van der Waals surface area contributed by atoms with Gasteiger partial charge in [0, 0.05) is 5.39 Å². The van der Waals surface area contributed by atoms with Crippen molar-refractivity contribution in [3.05, 3.63) is 47.3 Å². The summed E-state index contributed by atoms with van der Waals surface area (Å²) in [5, 5.41) is 18.4. The van der Waals surface area contributed by atoms with Crippen molar-refractivity contribution in [3.63, 3.8) is 0 Å². The molecule has 0 aliphatic heterocycles. The van der Waals surface area contributed by atoms with Crippen LogP contribution in [0, 0.1) is 11.6 Å². The van der Waals surface area contributed by atoms with Crippen molar-refractivity contribution in [1.29, 1.82) is 0 Å². The maximum absolute atomic E-state index is 14.7. The zero-order valence-electron chi connectivity index (χ0n) is 15.2. The summed E-state index contributed by atoms with van der Waals surface area (Å²) in [5.74, 6) is -3.89. The number of carbonyl (C=O) groups excluding carboxylic acids is 1. The molecule has 0 bridgehead atoms. The number of carbonyl (C=O) groups is 1. The van der Waals surface area contributed by atoms with Crippen molar-refractivity contribution >= 4 is 38.3 Å². The second kappa shape index (κ2) is 8.09. The van der Waals surface area contributed by atoms with Gasteiger partial charge >= 0.3 is 0 Å². The zero-order valence-corrected chi connectivity index (χ0v) is 16.0. The fourth-order valence-corrected chi connectivity index (χ4v) is 3.80. The van der Waals surface area contributed by atoms with Gasteiger partial charge in [0.15, 0.2) is 11.5 Å². The molecule has 2 heterocycles. The lowest BCUT2D eigenvalue weighted by Crippen LogP contribution is -2.20. The Kier molecular flexibility index (Phi) is 5.75. The third-order valence-electron chi connectivity index (χ3n) is 3.96. The van der Waals surface area contributed by atoms with Crippen LogP contribution >= 0.6 is 0 Å². The molecule has 0 saturated heterocycles. The van der Waals surface area contributed by atoms with Crippen LogP contribution in [-0.2, 0) is 16.6 Å². The molecule has 0 aliphatic carbocycles. The Morgan fingerprint density at radius 1 is 1.31 bits per heavy atom. The Balaban J connectivity index is 1.92. The van der Waals surface area contributed by atoms with Gasteiger partial charge in [-0.05, 0) is 24.6 Å². The smallest absolute Gasteiger partial charge is 0.261 e. The van der Waals surface area contributed by atoms with E-state index in [4.69, 9.17) is 0 Å². The van der Waals surface area contributed by atoms with Crippen LogP contribution in [-0.4, -0.2) is 40.4 Å². The number of fused-ring (bicyclic) bond motifs is 1. The number of H-pyrrole nitrogens is 1. The van der Waals surface area contributed by atoms with Gasteiger partial charge in [0.2, 0.25) is 10.0 Å². The summed E-state index contributed by atoms with van der Waals surface area (Å²) in [5.41, 5.74) is -0.730. The number of hydrogen-bond donors (Lipinski definition) is 4. The zero-order chi connectivity index (χ0) is 21.2. The van der Waals surface area contributed by atoms with Crippen molar-refractivity contribution in [2.75, 3.05) is 15.8 Å². The van der Waals surface area contributed by atoms with Crippen LogP contribution < -0.4 is 10.0 Å². The predicted octanol–water partition coefficient (Wildman–Crippen LogP) is 2.13. The summed E-state index contributed by atoms with van der Waals surface area (Å²) < 4.78 is 54.6. The Morgan fingerprint density at radius 2 is 2.07 bits per heavy atom. The molecule has 4 N–H and O–H groups in total. The van der Waals surface area contributed by atoms with Gasteiger partial charge in [0.25, 0.3) is 5.91 Å². The topological polar surface area (TPSA) is 137 Å². The number of rotatable bonds is 7. The monoisotopic (exact) mass is 425 g/mol. The molecule has 0 radical (unpaired) electrons. The first kappa shape index (κ1) is 20.6. The number of nitrogens with zero attached hydrogens (tertiary/aromatic N) is 2. The standard InChI is InChI=1S/C17H17F2N5O4S/c1-2-5-29(27,28)24-12-4-3-11(18)14(15(12)19)17(26)21-9-6-10-13(8-25)22-23-16(10)20-7-9/h3-4,6-7,24-25H,2,5,8H2,1H3,(H,21,26)(H,20,22,23). The Morgan fingerprint density at radius 3 is 2.76 bits per heavy atom. The number of aliphatic hydroxyl groups excluding tert-OH is 1. The van der Waals surface area contributed by atoms with Gasteiger partial charge in [0.1, 0.15) is 11.4 Å². The van der Waals surface area contributed by atoms with Crippen LogP contribution in [0.4, 0.5) is 20.2 Å². The van der Waals surface area contributed by atoms with E-state index in [0.717, 1.165) is 12.1 Å². The number of halogens is 2. The highest BCUT2D eigenvalue weighted by atomic mass is 32.2. The number of aliphatic hydroxyl groups is 1. The number of nitrogens with one attached hydrogen (secondary N) is 3. The SMILES string of the molecule is CCCS(=O)(=O)Nc1ccc(F)c(C(=O)Nc2cnc3[nH]nc(CO)c3c2)c1F. The summed E-state index contributed by atoms with van der Waals surface area (Å²) >= 11 is 0. The van der Waals surface area contributed by atoms with E-state index in [0.29, 0.717) is 17.5 Å². The van der Waals surface area contributed by atoms with Crippen LogP contribution in [0.3, 0.4) is 0 Å². The predicted molar refractivity (Wildman–Crippen MR) is 102 cm³/mol. The minimum Gasteiger partial charge on any atom is -0.390 e. The quantitative estimate of drug-likeness (QED) is 0.458. The minimum absolute atomic E-state index is 0.106. The van der Waals surface area contributed by atoms with Crippen LogP contribution in [0.2, 0.25) is 0 Å². The van der Waals surface area contributed by atoms with Crippen molar-refractivity contribution in [2.45, 2.75) is 20.0 Å². The number of benzene rings is 1. The van der Waals surface area contributed by atoms with Gasteiger partial charge in [-0.2, -0.15) is 5.10 Å². The molecule has 0 aliphatic rings. The Labute approximate surface area is 164 Å². The molecular weight excluding hydrogens is 408 g/mol. The van der Waals surface area contributed by atoms with E-state index in [1.54, 1.807) is 6.92 Å². The van der Waals surface area contributed by atoms with E-state index in [1.807, 2.05) is 4.72 Å². The third-order valence-corrected chi connectivity index (χ3v) is 5.44. The molecule has 0 saturated carbocycles. The number of hydrogen-bond acceptors (Lipinski definition) is 6. The number of sulfonamides is 1. The van der Waals surface area contributed by atoms with E-state index in [-0.39, 0.29) is 23.7 Å². The third kappa shape index (κ3) is 4.32. The van der Waals surface area contributed by atoms with Gasteiger partial charge in [-0.25, -0.2) is 22.2 Å². The molecule has 0 spiro atoms. The fourth-order valence-electron chi connectivity index (χ4n) is 2.66. The average Bonchev–Trinajstić information content (AvgIpc) is 3.06. The van der Waals surface area contributed by atoms with Gasteiger partial charge in [-0.15, -0.1) is 0 Å². The van der Waals surface area contributed by atoms with Crippen molar-refractivity contribution in [1.82, 2.24) is 15.2 Å². The highest BCUT2D eigenvalue weighted by Gasteiger charge is 2.23. The molecule has 1 amide bonds. The molecule has 0 fully saturated rings. The van der Waals surface area contributed by atoms with E-state index in [9.17, 15) is 27.1 Å². The fraction of sp³-hybridized carbons (Fsp3) is 0.235. The second-order valence-corrected chi connectivity index (χ2v) is 7.95. The van der Waals surface area contributed by atoms with E-state index in [2.05, 4.69) is 20.5 Å². The van der Waals surface area contributed by atoms with Gasteiger partial charge in [0.05, 0.1) is 35.6 Å². The number of aromatic amines is 1. The summed E-state index contributed by atoms with van der Waals surface area (Å²) in [6, 6.07) is 3.13. The molecule has 0 atom stereocenters. The molecule has 1 aromatic carbocycles. The van der Waals surface area contributed by atoms with Gasteiger partial charge in [-0.1, -0.05) is 6.92 Å². The van der Waals surface area contributed by atoms with Gasteiger partial charge < -0.3 is 10.4 Å². The summed E-state index contributed by atoms with van der Waals surface area (Å²) in [4.78, 5) is 16.5. The first-order valence-electron chi connectivity index (χ1n) is 8.49. The van der Waals surface area contributed by atoms with Crippen LogP contribution in [0.1, 0.15) is 29.4 Å². The van der Waals surface area contributed by atoms with Crippen LogP contribution in [0.15, 0.2) is 24.4 Å². The van der Waals surface area contributed by atoms with E-state index >= 15 is 0 Å². The highest BCUT2D eigenvalue weighted by molar-refractivity contribution is 7.92. The van der Waals surface area contributed by atoms with Crippen molar-refractivity contribution in [2.24, 2.45) is 0 Å². The van der Waals surface area contributed by atoms with E-state index in [1.165, 1.54) is 12.3 Å². The molecule has 154 valence electrons. The molecule has 12 heteroatoms. The lowest BCUT2D eigenvalue weighted by molar-refractivity contribution is 0.101. The maximum atomic E-state index is 14.7. The normalized spacial score (nSPS) is 11.6. The van der Waals surface area contributed by atoms with Crippen molar-refractivity contribution < 1.29 is 27.1 Å². The highest BCUT2D eigenvalue weighted by Crippen LogP contribution is 2.24. The summed E-state index contributed by atoms with van der Waals surface area (Å²) in [6.45, 7) is 1.26. The summed E-state index contributed by atoms with van der Waals surface area (Å²) in [7, 11) is -3.84. The number of anilines is 2. The summed E-state index contributed by atoms with van der Waals surface area (Å²) in [6.07, 6.45) is 1.54. The average molecular weight is 425 g/mol. The van der Waals surface area contributed by atoms with Gasteiger partial charge in [-0.3, -0.25) is 14.6 Å². The largest absolute Gasteiger partial charge is 0.390 e. The first-order valence-corrected chi connectivity index (χ1v) is 10.1. The van der Waals surface area contributed by atoms with E-state index < -0.39 is 38.8 Å². The molecule has 0 unspecified atom stereocenters. The molecule has 3 rings (SSSR count). The molecule has 29 heavy (non-hydrogen) atoms. The maximum Gasteiger partial charge on any atom is 0.261 e. The molecular formula is C17H17F2N5O4S. The van der Waals surface area contributed by atoms with Crippen LogP contribution in [0.25, 0.3) is 11.0 Å². The van der Waals surface area contributed by atoms with Crippen molar-refractivity contribution in [3.8, 4) is 0 Å². The number of pyridine rings is 1. The lowest BCUT2D eigenvalue weighted by Gasteiger charge is -2.12. The first-order chi connectivity index (χ1) is 13.8. The molecule has 3 aromatic rings. The number of amides is 1. The van der Waals surface area contributed by atoms with Crippen LogP contribution in [0.5, 0.6) is 0 Å².